The third kappa shape index (κ3) is 4.10. The fraction of sp³-hybridized carbons (Fsp3) is 0.0400. The minimum Gasteiger partial charge on any atom is -0.359 e. The summed E-state index contributed by atoms with van der Waals surface area (Å²) in [5.74, 6) is 0. The second-order valence-corrected chi connectivity index (χ2v) is 7.49. The molecule has 0 atom stereocenters. The first-order chi connectivity index (χ1) is 15.9. The van der Waals surface area contributed by atoms with E-state index in [1.807, 2.05) is 48.5 Å². The topological polar surface area (TPSA) is 69.8 Å². The van der Waals surface area contributed by atoms with Gasteiger partial charge in [-0.25, -0.2) is 4.79 Å². The number of hydrogen-bond donors (Lipinski definition) is 3. The average molecular weight is 446 g/mol. The van der Waals surface area contributed by atoms with Crippen LogP contribution >= 0.6 is 0 Å². The van der Waals surface area contributed by atoms with Gasteiger partial charge in [-0.15, -0.1) is 0 Å². The van der Waals surface area contributed by atoms with Crippen LogP contribution in [0.4, 0.5) is 29.3 Å². The number of hydrogen-bond acceptors (Lipinski definition) is 2. The Bertz CT molecular complexity index is 1470. The number of carbonyl (C=O) groups excluding carboxylic acids is 1. The summed E-state index contributed by atoms with van der Waals surface area (Å²) in [6.45, 7) is 0. The fourth-order valence-corrected chi connectivity index (χ4v) is 3.77. The van der Waals surface area contributed by atoms with Crippen molar-refractivity contribution < 1.29 is 18.0 Å². The third-order valence-corrected chi connectivity index (χ3v) is 5.36. The van der Waals surface area contributed by atoms with Crippen molar-refractivity contribution in [2.45, 2.75) is 6.18 Å². The van der Waals surface area contributed by atoms with E-state index in [1.165, 1.54) is 12.1 Å². The molecule has 8 heteroatoms. The molecular formula is C25H17F3N4O. The number of benzene rings is 3. The van der Waals surface area contributed by atoms with Crippen LogP contribution in [0.2, 0.25) is 0 Å². The highest BCUT2D eigenvalue weighted by Crippen LogP contribution is 2.33. The standard InChI is InChI=1S/C25H17F3N4O/c26-25(27,28)16-7-9-17(10-8-16)31-24(33)32-23-14-30-22-11-6-15(13-20(22)23)18-3-1-5-21-19(18)4-2-12-29-21/h1-14,30H,(H2,31,32,33). The number of halogens is 3. The van der Waals surface area contributed by atoms with Gasteiger partial charge in [0.1, 0.15) is 0 Å². The number of amides is 2. The minimum absolute atomic E-state index is 0.254. The van der Waals surface area contributed by atoms with Gasteiger partial charge < -0.3 is 15.6 Å². The molecule has 5 rings (SSSR count). The van der Waals surface area contributed by atoms with Crippen LogP contribution in [0.25, 0.3) is 32.9 Å². The third-order valence-electron chi connectivity index (χ3n) is 5.36. The van der Waals surface area contributed by atoms with Crippen LogP contribution < -0.4 is 10.6 Å². The molecule has 0 spiro atoms. The number of nitrogens with zero attached hydrogens (tertiary/aromatic N) is 1. The van der Waals surface area contributed by atoms with E-state index < -0.39 is 17.8 Å². The van der Waals surface area contributed by atoms with Crippen molar-refractivity contribution in [2.75, 3.05) is 10.6 Å². The normalized spacial score (nSPS) is 11.6. The van der Waals surface area contributed by atoms with Gasteiger partial charge in [0, 0.05) is 34.4 Å². The molecule has 0 saturated heterocycles. The van der Waals surface area contributed by atoms with E-state index in [1.54, 1.807) is 12.4 Å². The molecule has 164 valence electrons. The SMILES string of the molecule is O=C(Nc1ccc(C(F)(F)F)cc1)Nc1c[nH]c2ccc(-c3cccc4ncccc34)cc12. The Balaban J connectivity index is 1.41. The highest BCUT2D eigenvalue weighted by Gasteiger charge is 2.30. The van der Waals surface area contributed by atoms with Crippen LogP contribution in [0, 0.1) is 0 Å². The second kappa shape index (κ2) is 7.98. The van der Waals surface area contributed by atoms with Crippen LogP contribution in [0.3, 0.4) is 0 Å². The number of anilines is 2. The van der Waals surface area contributed by atoms with Crippen LogP contribution in [0.15, 0.2) is 85.2 Å². The molecule has 2 heterocycles. The number of aromatic amines is 1. The zero-order valence-electron chi connectivity index (χ0n) is 17.1. The number of aromatic nitrogens is 2. The first kappa shape index (κ1) is 20.6. The predicted molar refractivity (Wildman–Crippen MR) is 123 cm³/mol. The molecule has 0 aliphatic heterocycles. The van der Waals surface area contributed by atoms with Gasteiger partial charge >= 0.3 is 12.2 Å². The predicted octanol–water partition coefficient (Wildman–Crippen LogP) is 7.05. The number of fused-ring (bicyclic) bond motifs is 2. The molecule has 33 heavy (non-hydrogen) atoms. The molecule has 3 N–H and O–H groups in total. The van der Waals surface area contributed by atoms with Crippen molar-refractivity contribution in [3.63, 3.8) is 0 Å². The summed E-state index contributed by atoms with van der Waals surface area (Å²) in [5.41, 5.74) is 3.73. The maximum atomic E-state index is 12.7. The lowest BCUT2D eigenvalue weighted by molar-refractivity contribution is -0.137. The van der Waals surface area contributed by atoms with Gasteiger partial charge in [-0.05, 0) is 59.7 Å². The van der Waals surface area contributed by atoms with Gasteiger partial charge in [0.15, 0.2) is 0 Å². The Morgan fingerprint density at radius 1 is 0.879 bits per heavy atom. The summed E-state index contributed by atoms with van der Waals surface area (Å²) < 4.78 is 38.2. The maximum Gasteiger partial charge on any atom is 0.416 e. The van der Waals surface area contributed by atoms with E-state index in [0.29, 0.717) is 5.69 Å². The number of urea groups is 1. The van der Waals surface area contributed by atoms with Crippen LogP contribution in [-0.2, 0) is 6.18 Å². The molecule has 0 aliphatic carbocycles. The van der Waals surface area contributed by atoms with Crippen molar-refractivity contribution in [3.8, 4) is 11.1 Å². The van der Waals surface area contributed by atoms with Crippen LogP contribution in [0.1, 0.15) is 5.56 Å². The minimum atomic E-state index is -4.43. The number of rotatable bonds is 3. The van der Waals surface area contributed by atoms with E-state index in [0.717, 1.165) is 45.1 Å². The first-order valence-electron chi connectivity index (χ1n) is 10.1. The molecule has 0 unspecified atom stereocenters. The highest BCUT2D eigenvalue weighted by molar-refractivity contribution is 6.07. The smallest absolute Gasteiger partial charge is 0.359 e. The average Bonchev–Trinajstić information content (AvgIpc) is 3.20. The highest BCUT2D eigenvalue weighted by atomic mass is 19.4. The van der Waals surface area contributed by atoms with Gasteiger partial charge in [-0.3, -0.25) is 4.98 Å². The molecule has 0 saturated carbocycles. The number of H-pyrrole nitrogens is 1. The van der Waals surface area contributed by atoms with Gasteiger partial charge in [0.2, 0.25) is 0 Å². The Hall–Kier alpha value is -4.33. The molecule has 0 bridgehead atoms. The summed E-state index contributed by atoms with van der Waals surface area (Å²) in [6, 6.07) is 19.4. The summed E-state index contributed by atoms with van der Waals surface area (Å²) >= 11 is 0. The molecule has 0 fully saturated rings. The second-order valence-electron chi connectivity index (χ2n) is 7.49. The molecule has 5 nitrogen and oxygen atoms in total. The number of pyridine rings is 1. The summed E-state index contributed by atoms with van der Waals surface area (Å²) in [6.07, 6.45) is -1.01. The van der Waals surface area contributed by atoms with E-state index in [-0.39, 0.29) is 5.69 Å². The Morgan fingerprint density at radius 2 is 1.70 bits per heavy atom. The van der Waals surface area contributed by atoms with Crippen molar-refractivity contribution in [1.82, 2.24) is 9.97 Å². The van der Waals surface area contributed by atoms with Gasteiger partial charge in [0.05, 0.1) is 16.8 Å². The van der Waals surface area contributed by atoms with Crippen molar-refractivity contribution >= 4 is 39.2 Å². The quantitative estimate of drug-likeness (QED) is 0.278. The van der Waals surface area contributed by atoms with Crippen molar-refractivity contribution in [3.05, 3.63) is 90.8 Å². The number of nitrogens with one attached hydrogen (secondary N) is 3. The molecule has 2 amide bonds. The molecule has 3 aromatic carbocycles. The lowest BCUT2D eigenvalue weighted by atomic mass is 9.99. The van der Waals surface area contributed by atoms with E-state index in [9.17, 15) is 18.0 Å². The Morgan fingerprint density at radius 3 is 2.48 bits per heavy atom. The molecule has 2 aromatic heterocycles. The van der Waals surface area contributed by atoms with Gasteiger partial charge in [0.25, 0.3) is 0 Å². The lowest BCUT2D eigenvalue weighted by Crippen LogP contribution is -2.19. The summed E-state index contributed by atoms with van der Waals surface area (Å²) in [5, 5.41) is 7.13. The van der Waals surface area contributed by atoms with Gasteiger partial charge in [-0.1, -0.05) is 24.3 Å². The number of carbonyl (C=O) groups is 1. The van der Waals surface area contributed by atoms with E-state index >= 15 is 0 Å². The van der Waals surface area contributed by atoms with Crippen LogP contribution in [-0.4, -0.2) is 16.0 Å². The Labute approximate surface area is 186 Å². The molecule has 0 radical (unpaired) electrons. The Kier molecular flexibility index (Phi) is 4.97. The molecule has 5 aromatic rings. The van der Waals surface area contributed by atoms with Gasteiger partial charge in [-0.2, -0.15) is 13.2 Å². The van der Waals surface area contributed by atoms with Crippen LogP contribution in [0.5, 0.6) is 0 Å². The largest absolute Gasteiger partial charge is 0.416 e. The molecular weight excluding hydrogens is 429 g/mol. The van der Waals surface area contributed by atoms with E-state index in [2.05, 4.69) is 20.6 Å². The lowest BCUT2D eigenvalue weighted by Gasteiger charge is -2.10. The van der Waals surface area contributed by atoms with E-state index in [4.69, 9.17) is 0 Å². The fourth-order valence-electron chi connectivity index (χ4n) is 3.77. The first-order valence-corrected chi connectivity index (χ1v) is 10.1. The number of alkyl halides is 3. The molecule has 0 aliphatic rings. The summed E-state index contributed by atoms with van der Waals surface area (Å²) in [4.78, 5) is 20.0. The van der Waals surface area contributed by atoms with Crippen molar-refractivity contribution in [1.29, 1.82) is 0 Å². The monoisotopic (exact) mass is 446 g/mol. The zero-order chi connectivity index (χ0) is 23.0. The zero-order valence-corrected chi connectivity index (χ0v) is 17.1. The summed E-state index contributed by atoms with van der Waals surface area (Å²) in [7, 11) is 0. The van der Waals surface area contributed by atoms with Crippen molar-refractivity contribution in [2.24, 2.45) is 0 Å². The maximum absolute atomic E-state index is 12.7.